The van der Waals surface area contributed by atoms with E-state index in [9.17, 15) is 14.4 Å². The molecule has 0 spiro atoms. The van der Waals surface area contributed by atoms with Crippen molar-refractivity contribution in [2.24, 2.45) is 0 Å². The first-order valence-electron chi connectivity index (χ1n) is 4.33. The Hall–Kier alpha value is -1.13. The Morgan fingerprint density at radius 1 is 1.38 bits per heavy atom. The zero-order valence-electron chi connectivity index (χ0n) is 7.58. The van der Waals surface area contributed by atoms with Crippen molar-refractivity contribution in [2.45, 2.75) is 32.4 Å². The summed E-state index contributed by atoms with van der Waals surface area (Å²) in [5.74, 6) is -1.08. The van der Waals surface area contributed by atoms with E-state index in [2.05, 4.69) is 0 Å². The number of carbonyl (C=O) groups excluding carboxylic acids is 3. The average Bonchev–Trinajstić information content (AvgIpc) is 2.42. The molecule has 1 aliphatic heterocycles. The van der Waals surface area contributed by atoms with Crippen LogP contribution in [0.3, 0.4) is 0 Å². The zero-order valence-corrected chi connectivity index (χ0v) is 7.58. The van der Waals surface area contributed by atoms with Crippen LogP contribution in [0, 0.1) is 0 Å². The van der Waals surface area contributed by atoms with E-state index in [1.807, 2.05) is 14.1 Å². The maximum absolute atomic E-state index is 11.3. The quantitative estimate of drug-likeness (QED) is 0.461. The van der Waals surface area contributed by atoms with Crippen molar-refractivity contribution in [1.29, 1.82) is 0 Å². The minimum Gasteiger partial charge on any atom is -0.274 e. The average molecular weight is 180 g/mol. The second-order valence-corrected chi connectivity index (χ2v) is 2.96. The third-order valence-corrected chi connectivity index (χ3v) is 1.95. The highest BCUT2D eigenvalue weighted by molar-refractivity contribution is 6.34. The number of rotatable bonds is 3. The molecular formula is C8H11BNO3. The lowest BCUT2D eigenvalue weighted by molar-refractivity contribution is -0.149. The van der Waals surface area contributed by atoms with Crippen LogP contribution in [-0.4, -0.2) is 29.9 Å². The molecule has 1 saturated heterocycles. The van der Waals surface area contributed by atoms with Gasteiger partial charge in [-0.1, -0.05) is 13.1 Å². The fourth-order valence-electron chi connectivity index (χ4n) is 1.23. The summed E-state index contributed by atoms with van der Waals surface area (Å²) < 4.78 is 0. The van der Waals surface area contributed by atoms with Crippen LogP contribution in [0.1, 0.15) is 19.3 Å². The van der Waals surface area contributed by atoms with E-state index in [-0.39, 0.29) is 37.0 Å². The molecule has 1 aliphatic rings. The van der Waals surface area contributed by atoms with Gasteiger partial charge in [-0.15, -0.1) is 0 Å². The summed E-state index contributed by atoms with van der Waals surface area (Å²) in [7, 11) is 1.84. The number of carbonyl (C=O) groups is 3. The molecule has 5 heteroatoms. The van der Waals surface area contributed by atoms with Gasteiger partial charge >= 0.3 is 0 Å². The molecule has 3 amide bonds. The molecule has 0 saturated carbocycles. The standard InChI is InChI=1S/C8H11BNO3/c1-9-5-4-8(13)10-6(11)2-3-7(10)12/h2-5H2,1H3. The fourth-order valence-corrected chi connectivity index (χ4v) is 1.23. The summed E-state index contributed by atoms with van der Waals surface area (Å²) in [4.78, 5) is 34.2. The summed E-state index contributed by atoms with van der Waals surface area (Å²) in [6.07, 6.45) is 1.21. The van der Waals surface area contributed by atoms with Crippen LogP contribution in [0.4, 0.5) is 0 Å². The molecule has 0 atom stereocenters. The van der Waals surface area contributed by atoms with E-state index in [0.29, 0.717) is 6.32 Å². The van der Waals surface area contributed by atoms with Crippen molar-refractivity contribution in [3.8, 4) is 0 Å². The number of imide groups is 3. The van der Waals surface area contributed by atoms with E-state index in [1.165, 1.54) is 0 Å². The van der Waals surface area contributed by atoms with Gasteiger partial charge in [-0.05, 0) is 0 Å². The molecular weight excluding hydrogens is 169 g/mol. The van der Waals surface area contributed by atoms with Crippen LogP contribution < -0.4 is 0 Å². The smallest absolute Gasteiger partial charge is 0.236 e. The molecule has 0 N–H and O–H groups in total. The third kappa shape index (κ3) is 2.17. The van der Waals surface area contributed by atoms with Crippen molar-refractivity contribution >= 4 is 25.0 Å². The van der Waals surface area contributed by atoms with E-state index in [0.717, 1.165) is 4.90 Å². The molecule has 13 heavy (non-hydrogen) atoms. The molecule has 4 nitrogen and oxygen atoms in total. The summed E-state index contributed by atoms with van der Waals surface area (Å²) in [6.45, 7) is 1.83. The van der Waals surface area contributed by atoms with Gasteiger partial charge in [0.15, 0.2) is 0 Å². The number of hydrogen-bond acceptors (Lipinski definition) is 3. The first kappa shape index (κ1) is 9.96. The van der Waals surface area contributed by atoms with E-state index in [1.54, 1.807) is 0 Å². The molecule has 0 unspecified atom stereocenters. The Labute approximate surface area is 77.5 Å². The molecule has 0 aliphatic carbocycles. The molecule has 1 heterocycles. The highest BCUT2D eigenvalue weighted by atomic mass is 16.2. The lowest BCUT2D eigenvalue weighted by Gasteiger charge is -2.10. The van der Waals surface area contributed by atoms with Crippen LogP contribution in [0.15, 0.2) is 0 Å². The summed E-state index contributed by atoms with van der Waals surface area (Å²) in [5.41, 5.74) is 0. The Bertz CT molecular complexity index is 236. The normalized spacial score (nSPS) is 16.5. The second kappa shape index (κ2) is 4.21. The number of hydrogen-bond donors (Lipinski definition) is 0. The van der Waals surface area contributed by atoms with Crippen molar-refractivity contribution < 1.29 is 14.4 Å². The van der Waals surface area contributed by atoms with Crippen molar-refractivity contribution in [3.05, 3.63) is 0 Å². The largest absolute Gasteiger partial charge is 0.274 e. The predicted octanol–water partition coefficient (Wildman–Crippen LogP) is 0.223. The van der Waals surface area contributed by atoms with Gasteiger partial charge in [0.2, 0.25) is 17.7 Å². The van der Waals surface area contributed by atoms with Gasteiger partial charge < -0.3 is 0 Å². The Balaban J connectivity index is 2.54. The van der Waals surface area contributed by atoms with Crippen molar-refractivity contribution in [3.63, 3.8) is 0 Å². The van der Waals surface area contributed by atoms with Gasteiger partial charge in [0.05, 0.1) is 0 Å². The monoisotopic (exact) mass is 180 g/mol. The molecule has 1 radical (unpaired) electrons. The second-order valence-electron chi connectivity index (χ2n) is 2.96. The first-order chi connectivity index (χ1) is 6.16. The van der Waals surface area contributed by atoms with Crippen LogP contribution in [0.5, 0.6) is 0 Å². The van der Waals surface area contributed by atoms with Crippen LogP contribution in [0.25, 0.3) is 0 Å². The van der Waals surface area contributed by atoms with Crippen molar-refractivity contribution in [2.75, 3.05) is 0 Å². The molecule has 0 aromatic rings. The molecule has 1 fully saturated rings. The minimum absolute atomic E-state index is 0.181. The van der Waals surface area contributed by atoms with Crippen LogP contribution >= 0.6 is 0 Å². The summed E-state index contributed by atoms with van der Waals surface area (Å²) in [5, 5.41) is 0. The van der Waals surface area contributed by atoms with E-state index >= 15 is 0 Å². The molecule has 0 aromatic heterocycles. The fraction of sp³-hybridized carbons (Fsp3) is 0.625. The van der Waals surface area contributed by atoms with E-state index in [4.69, 9.17) is 0 Å². The summed E-state index contributed by atoms with van der Waals surface area (Å²) in [6, 6.07) is 0. The lowest BCUT2D eigenvalue weighted by Crippen LogP contribution is -2.35. The van der Waals surface area contributed by atoms with Gasteiger partial charge in [-0.2, -0.15) is 0 Å². The molecule has 0 aromatic carbocycles. The number of nitrogens with zero attached hydrogens (tertiary/aromatic N) is 1. The van der Waals surface area contributed by atoms with Gasteiger partial charge in [0.1, 0.15) is 7.28 Å². The van der Waals surface area contributed by atoms with E-state index < -0.39 is 0 Å². The maximum atomic E-state index is 11.3. The maximum Gasteiger partial charge on any atom is 0.236 e. The topological polar surface area (TPSA) is 54.5 Å². The van der Waals surface area contributed by atoms with Gasteiger partial charge in [0.25, 0.3) is 0 Å². The first-order valence-corrected chi connectivity index (χ1v) is 4.33. The number of amides is 3. The third-order valence-electron chi connectivity index (χ3n) is 1.95. The highest BCUT2D eigenvalue weighted by Gasteiger charge is 2.33. The van der Waals surface area contributed by atoms with Gasteiger partial charge in [-0.3, -0.25) is 14.4 Å². The zero-order chi connectivity index (χ0) is 9.84. The van der Waals surface area contributed by atoms with Crippen LogP contribution in [-0.2, 0) is 14.4 Å². The Morgan fingerprint density at radius 2 is 1.92 bits per heavy atom. The Morgan fingerprint density at radius 3 is 2.38 bits per heavy atom. The highest BCUT2D eigenvalue weighted by Crippen LogP contribution is 2.13. The molecule has 0 bridgehead atoms. The molecule has 69 valence electrons. The lowest BCUT2D eigenvalue weighted by atomic mass is 9.77. The number of likely N-dealkylation sites (tertiary alicyclic amines) is 1. The van der Waals surface area contributed by atoms with Gasteiger partial charge in [0, 0.05) is 19.3 Å². The SMILES string of the molecule is C[B]CCC(=O)N1C(=O)CCC1=O. The minimum atomic E-state index is -0.370. The van der Waals surface area contributed by atoms with Gasteiger partial charge in [-0.25, -0.2) is 4.90 Å². The van der Waals surface area contributed by atoms with Crippen molar-refractivity contribution in [1.82, 2.24) is 4.90 Å². The predicted molar refractivity (Wildman–Crippen MR) is 47.1 cm³/mol. The summed E-state index contributed by atoms with van der Waals surface area (Å²) >= 11 is 0. The van der Waals surface area contributed by atoms with Crippen LogP contribution in [0.2, 0.25) is 13.1 Å². The Kier molecular flexibility index (Phi) is 3.22. The molecule has 1 rings (SSSR count).